The second-order valence-corrected chi connectivity index (χ2v) is 6.22. The number of ether oxygens (including phenoxy) is 2. The van der Waals surface area contributed by atoms with Crippen molar-refractivity contribution in [2.45, 2.75) is 6.54 Å². The molecule has 0 atom stereocenters. The quantitative estimate of drug-likeness (QED) is 0.750. The molecule has 0 saturated carbocycles. The molecule has 9 heteroatoms. The van der Waals surface area contributed by atoms with Crippen LogP contribution in [0.4, 0.5) is 11.9 Å². The maximum Gasteiger partial charge on any atom is 0.258 e. The first-order valence-electron chi connectivity index (χ1n) is 8.81. The van der Waals surface area contributed by atoms with Crippen LogP contribution in [0.5, 0.6) is 5.75 Å². The molecular formula is C18H24N6O3. The summed E-state index contributed by atoms with van der Waals surface area (Å²) in [6.45, 7) is 2.89. The van der Waals surface area contributed by atoms with Crippen LogP contribution in [-0.2, 0) is 16.1 Å². The van der Waals surface area contributed by atoms with E-state index in [-0.39, 0.29) is 19.1 Å². The Hall–Kier alpha value is -2.94. The molecule has 144 valence electrons. The maximum absolute atomic E-state index is 12.1. The number of aromatic nitrogens is 3. The molecule has 3 rings (SSSR count). The van der Waals surface area contributed by atoms with E-state index in [1.54, 1.807) is 12.1 Å². The van der Waals surface area contributed by atoms with Crippen LogP contribution >= 0.6 is 0 Å². The van der Waals surface area contributed by atoms with Gasteiger partial charge in [0.25, 0.3) is 5.91 Å². The van der Waals surface area contributed by atoms with E-state index >= 15 is 0 Å². The number of rotatable bonds is 7. The average Bonchev–Trinajstić information content (AvgIpc) is 2.72. The predicted molar refractivity (Wildman–Crippen MR) is 101 cm³/mol. The second-order valence-electron chi connectivity index (χ2n) is 6.22. The van der Waals surface area contributed by atoms with Gasteiger partial charge >= 0.3 is 0 Å². The molecule has 0 unspecified atom stereocenters. The van der Waals surface area contributed by atoms with Crippen molar-refractivity contribution in [1.29, 1.82) is 0 Å². The Bertz CT molecular complexity index is 750. The number of hydrogen-bond acceptors (Lipinski definition) is 8. The van der Waals surface area contributed by atoms with Crippen molar-refractivity contribution in [1.82, 2.24) is 20.3 Å². The number of anilines is 2. The third kappa shape index (κ3) is 5.52. The molecule has 0 bridgehead atoms. The zero-order chi connectivity index (χ0) is 19.1. The molecule has 9 nitrogen and oxygen atoms in total. The highest BCUT2D eigenvalue weighted by Gasteiger charge is 2.17. The lowest BCUT2D eigenvalue weighted by atomic mass is 10.3. The van der Waals surface area contributed by atoms with Gasteiger partial charge in [0.2, 0.25) is 11.9 Å². The van der Waals surface area contributed by atoms with Crippen LogP contribution in [0.15, 0.2) is 30.3 Å². The van der Waals surface area contributed by atoms with E-state index in [0.717, 1.165) is 13.1 Å². The van der Waals surface area contributed by atoms with Crippen molar-refractivity contribution in [2.24, 2.45) is 0 Å². The first kappa shape index (κ1) is 18.8. The molecular weight excluding hydrogens is 348 g/mol. The summed E-state index contributed by atoms with van der Waals surface area (Å²) >= 11 is 0. The van der Waals surface area contributed by atoms with Crippen molar-refractivity contribution in [3.05, 3.63) is 36.2 Å². The predicted octanol–water partition coefficient (Wildman–Crippen LogP) is 0.469. The van der Waals surface area contributed by atoms with Crippen LogP contribution in [0, 0.1) is 0 Å². The SMILES string of the molecule is CN(C)c1nc(CNC(=O)COc2ccccc2)nc(N2CCOCC2)n1. The zero-order valence-corrected chi connectivity index (χ0v) is 15.6. The summed E-state index contributed by atoms with van der Waals surface area (Å²) < 4.78 is 10.8. The second kappa shape index (κ2) is 9.13. The van der Waals surface area contributed by atoms with Gasteiger partial charge in [0, 0.05) is 27.2 Å². The van der Waals surface area contributed by atoms with E-state index < -0.39 is 0 Å². The summed E-state index contributed by atoms with van der Waals surface area (Å²) in [6.07, 6.45) is 0. The van der Waals surface area contributed by atoms with Crippen molar-refractivity contribution in [3.8, 4) is 5.75 Å². The number of para-hydroxylation sites is 1. The minimum atomic E-state index is -0.237. The molecule has 2 aromatic rings. The summed E-state index contributed by atoms with van der Waals surface area (Å²) in [6, 6.07) is 9.21. The van der Waals surface area contributed by atoms with Gasteiger partial charge in [-0.1, -0.05) is 18.2 Å². The molecule has 1 aliphatic rings. The number of hydrogen-bond donors (Lipinski definition) is 1. The fourth-order valence-corrected chi connectivity index (χ4v) is 2.47. The molecule has 0 aliphatic carbocycles. The van der Waals surface area contributed by atoms with Crippen molar-refractivity contribution < 1.29 is 14.3 Å². The Labute approximate surface area is 158 Å². The van der Waals surface area contributed by atoms with Gasteiger partial charge < -0.3 is 24.6 Å². The van der Waals surface area contributed by atoms with Gasteiger partial charge in [-0.3, -0.25) is 4.79 Å². The normalized spacial score (nSPS) is 13.9. The maximum atomic E-state index is 12.1. The number of amides is 1. The standard InChI is InChI=1S/C18H24N6O3/c1-23(2)17-20-15(21-18(22-17)24-8-10-26-11-9-24)12-19-16(25)13-27-14-6-4-3-5-7-14/h3-7H,8-13H2,1-2H3,(H,19,25). The van der Waals surface area contributed by atoms with Crippen molar-refractivity contribution in [2.75, 3.05) is 56.8 Å². The number of carbonyl (C=O) groups excluding carboxylic acids is 1. The average molecular weight is 372 g/mol. The smallest absolute Gasteiger partial charge is 0.258 e. The molecule has 1 aliphatic heterocycles. The van der Waals surface area contributed by atoms with E-state index in [4.69, 9.17) is 9.47 Å². The van der Waals surface area contributed by atoms with E-state index in [1.807, 2.05) is 37.2 Å². The Morgan fingerprint density at radius 2 is 1.93 bits per heavy atom. The zero-order valence-electron chi connectivity index (χ0n) is 15.6. The molecule has 1 N–H and O–H groups in total. The monoisotopic (exact) mass is 372 g/mol. The van der Waals surface area contributed by atoms with Gasteiger partial charge in [-0.05, 0) is 12.1 Å². The largest absolute Gasteiger partial charge is 0.484 e. The summed E-state index contributed by atoms with van der Waals surface area (Å²) in [5, 5.41) is 2.79. The number of nitrogens with one attached hydrogen (secondary N) is 1. The van der Waals surface area contributed by atoms with Gasteiger partial charge in [0.1, 0.15) is 5.75 Å². The number of benzene rings is 1. The Morgan fingerprint density at radius 3 is 2.63 bits per heavy atom. The summed E-state index contributed by atoms with van der Waals surface area (Å²) in [4.78, 5) is 29.3. The van der Waals surface area contributed by atoms with E-state index in [0.29, 0.717) is 36.7 Å². The molecule has 0 spiro atoms. The molecule has 1 aromatic carbocycles. The number of nitrogens with zero attached hydrogens (tertiary/aromatic N) is 5. The van der Waals surface area contributed by atoms with E-state index in [9.17, 15) is 4.79 Å². The van der Waals surface area contributed by atoms with Gasteiger partial charge in [-0.25, -0.2) is 0 Å². The third-order valence-electron chi connectivity index (χ3n) is 3.91. The molecule has 1 fully saturated rings. The topological polar surface area (TPSA) is 92.7 Å². The lowest BCUT2D eigenvalue weighted by molar-refractivity contribution is -0.123. The van der Waals surface area contributed by atoms with Gasteiger partial charge in [0.05, 0.1) is 19.8 Å². The Balaban J connectivity index is 1.61. The molecule has 2 heterocycles. The van der Waals surface area contributed by atoms with Crippen molar-refractivity contribution in [3.63, 3.8) is 0 Å². The molecule has 1 amide bonds. The minimum absolute atomic E-state index is 0.0635. The molecule has 27 heavy (non-hydrogen) atoms. The summed E-state index contributed by atoms with van der Waals surface area (Å²) in [7, 11) is 3.74. The third-order valence-corrected chi connectivity index (χ3v) is 3.91. The molecule has 1 saturated heterocycles. The summed E-state index contributed by atoms with van der Waals surface area (Å²) in [5.74, 6) is 2.07. The summed E-state index contributed by atoms with van der Waals surface area (Å²) in [5.41, 5.74) is 0. The van der Waals surface area contributed by atoms with Crippen LogP contribution in [-0.4, -0.2) is 67.9 Å². The lowest BCUT2D eigenvalue weighted by Gasteiger charge is -2.27. The van der Waals surface area contributed by atoms with Gasteiger partial charge in [0.15, 0.2) is 12.4 Å². The van der Waals surface area contributed by atoms with Crippen LogP contribution in [0.2, 0.25) is 0 Å². The van der Waals surface area contributed by atoms with Crippen LogP contribution in [0.3, 0.4) is 0 Å². The number of morpholine rings is 1. The van der Waals surface area contributed by atoms with E-state index in [2.05, 4.69) is 25.2 Å². The first-order chi connectivity index (χ1) is 13.1. The van der Waals surface area contributed by atoms with Crippen LogP contribution in [0.1, 0.15) is 5.82 Å². The van der Waals surface area contributed by atoms with Gasteiger partial charge in [-0.15, -0.1) is 0 Å². The Morgan fingerprint density at radius 1 is 1.19 bits per heavy atom. The van der Waals surface area contributed by atoms with Crippen LogP contribution < -0.4 is 19.9 Å². The highest BCUT2D eigenvalue weighted by Crippen LogP contribution is 2.14. The Kier molecular flexibility index (Phi) is 6.37. The molecule has 1 aromatic heterocycles. The fraction of sp³-hybridized carbons (Fsp3) is 0.444. The molecule has 0 radical (unpaired) electrons. The minimum Gasteiger partial charge on any atom is -0.484 e. The first-order valence-corrected chi connectivity index (χ1v) is 8.81. The lowest BCUT2D eigenvalue weighted by Crippen LogP contribution is -2.38. The number of carbonyl (C=O) groups is 1. The van der Waals surface area contributed by atoms with E-state index in [1.165, 1.54) is 0 Å². The highest BCUT2D eigenvalue weighted by atomic mass is 16.5. The van der Waals surface area contributed by atoms with Crippen LogP contribution in [0.25, 0.3) is 0 Å². The van der Waals surface area contributed by atoms with Gasteiger partial charge in [-0.2, -0.15) is 15.0 Å². The fourth-order valence-electron chi connectivity index (χ4n) is 2.47. The highest BCUT2D eigenvalue weighted by molar-refractivity contribution is 5.77. The van der Waals surface area contributed by atoms with Crippen molar-refractivity contribution >= 4 is 17.8 Å².